The van der Waals surface area contributed by atoms with Gasteiger partial charge in [-0.15, -0.1) is 0 Å². The second kappa shape index (κ2) is 3.49. The van der Waals surface area contributed by atoms with Gasteiger partial charge in [-0.3, -0.25) is 0 Å². The van der Waals surface area contributed by atoms with Gasteiger partial charge in [-0.1, -0.05) is 13.8 Å². The van der Waals surface area contributed by atoms with Crippen molar-refractivity contribution < 1.29 is 4.57 Å². The van der Waals surface area contributed by atoms with Crippen molar-refractivity contribution in [1.29, 1.82) is 0 Å². The number of pyridine rings is 1. The summed E-state index contributed by atoms with van der Waals surface area (Å²) in [5, 5.41) is 0. The van der Waals surface area contributed by atoms with E-state index in [9.17, 15) is 0 Å². The lowest BCUT2D eigenvalue weighted by molar-refractivity contribution is -0.709. The summed E-state index contributed by atoms with van der Waals surface area (Å²) < 4.78 is 2.44. The topological polar surface area (TPSA) is 3.88 Å². The molecule has 0 saturated carbocycles. The first-order valence-electron chi connectivity index (χ1n) is 5.27. The van der Waals surface area contributed by atoms with Crippen LogP contribution in [0.4, 0.5) is 0 Å². The minimum atomic E-state index is 0.747. The predicted octanol–water partition coefficient (Wildman–Crippen LogP) is 2.12. The van der Waals surface area contributed by atoms with Crippen LogP contribution in [-0.4, -0.2) is 0 Å². The van der Waals surface area contributed by atoms with E-state index in [1.807, 2.05) is 0 Å². The van der Waals surface area contributed by atoms with E-state index >= 15 is 0 Å². The van der Waals surface area contributed by atoms with Crippen LogP contribution < -0.4 is 4.57 Å². The summed E-state index contributed by atoms with van der Waals surface area (Å²) in [7, 11) is 0. The van der Waals surface area contributed by atoms with Crippen molar-refractivity contribution in [2.75, 3.05) is 0 Å². The molecule has 0 fully saturated rings. The van der Waals surface area contributed by atoms with E-state index in [4.69, 9.17) is 0 Å². The zero-order valence-corrected chi connectivity index (χ0v) is 8.59. The Morgan fingerprint density at radius 2 is 2.23 bits per heavy atom. The zero-order valence-electron chi connectivity index (χ0n) is 8.59. The van der Waals surface area contributed by atoms with Crippen molar-refractivity contribution in [3.8, 4) is 0 Å². The van der Waals surface area contributed by atoms with Gasteiger partial charge in [0, 0.05) is 24.0 Å². The average Bonchev–Trinajstić information content (AvgIpc) is 2.51. The van der Waals surface area contributed by atoms with E-state index in [0.29, 0.717) is 0 Å². The lowest BCUT2D eigenvalue weighted by Gasteiger charge is -2.04. The number of hydrogen-bond acceptors (Lipinski definition) is 0. The van der Waals surface area contributed by atoms with Crippen molar-refractivity contribution in [3.63, 3.8) is 0 Å². The molecule has 0 aromatic carbocycles. The number of aryl methyl sites for hydroxylation is 1. The van der Waals surface area contributed by atoms with Gasteiger partial charge in [0.1, 0.15) is 0 Å². The molecule has 0 radical (unpaired) electrons. The predicted molar refractivity (Wildman–Crippen MR) is 53.5 cm³/mol. The Bertz CT molecular complexity index is 302. The summed E-state index contributed by atoms with van der Waals surface area (Å²) in [5.41, 5.74) is 3.15. The highest BCUT2D eigenvalue weighted by Gasteiger charge is 2.21. The Kier molecular flexibility index (Phi) is 2.34. The molecular formula is C12H18N+. The molecule has 1 heteroatoms. The van der Waals surface area contributed by atoms with Crippen LogP contribution in [0.5, 0.6) is 0 Å². The molecule has 0 aliphatic heterocycles. The fourth-order valence-corrected chi connectivity index (χ4v) is 2.18. The standard InChI is InChI=1S/C12H18N/c1-10(2)9-13-8-4-6-11-5-3-7-12(11)13/h4,6,8,10H,3,5,7,9H2,1-2H3/q+1. The van der Waals surface area contributed by atoms with Gasteiger partial charge in [0.2, 0.25) is 0 Å². The van der Waals surface area contributed by atoms with Gasteiger partial charge in [-0.2, -0.15) is 0 Å². The van der Waals surface area contributed by atoms with Crippen molar-refractivity contribution >= 4 is 0 Å². The van der Waals surface area contributed by atoms with Crippen LogP contribution >= 0.6 is 0 Å². The maximum Gasteiger partial charge on any atom is 0.184 e. The van der Waals surface area contributed by atoms with Gasteiger partial charge in [0.15, 0.2) is 18.4 Å². The molecule has 0 unspecified atom stereocenters. The van der Waals surface area contributed by atoms with Crippen LogP contribution in [0, 0.1) is 5.92 Å². The van der Waals surface area contributed by atoms with E-state index in [-0.39, 0.29) is 0 Å². The van der Waals surface area contributed by atoms with Crippen LogP contribution in [0.25, 0.3) is 0 Å². The number of nitrogens with zero attached hydrogens (tertiary/aromatic N) is 1. The van der Waals surface area contributed by atoms with Gasteiger partial charge in [-0.05, 0) is 18.9 Å². The largest absolute Gasteiger partial charge is 0.202 e. The third-order valence-corrected chi connectivity index (χ3v) is 2.70. The third kappa shape index (κ3) is 1.74. The summed E-state index contributed by atoms with van der Waals surface area (Å²) in [6.07, 6.45) is 6.14. The first-order valence-corrected chi connectivity index (χ1v) is 5.27. The van der Waals surface area contributed by atoms with Crippen LogP contribution in [0.1, 0.15) is 31.5 Å². The Balaban J connectivity index is 2.30. The van der Waals surface area contributed by atoms with Crippen molar-refractivity contribution in [1.82, 2.24) is 0 Å². The molecule has 1 aliphatic carbocycles. The van der Waals surface area contributed by atoms with E-state index in [1.54, 1.807) is 11.3 Å². The molecule has 1 aliphatic rings. The highest BCUT2D eigenvalue weighted by Crippen LogP contribution is 2.17. The molecule has 0 spiro atoms. The van der Waals surface area contributed by atoms with Crippen LogP contribution in [0.2, 0.25) is 0 Å². The zero-order chi connectivity index (χ0) is 9.26. The van der Waals surface area contributed by atoms with Gasteiger partial charge in [0.25, 0.3) is 0 Å². The Morgan fingerprint density at radius 1 is 1.38 bits per heavy atom. The van der Waals surface area contributed by atoms with Gasteiger partial charge < -0.3 is 0 Å². The molecular weight excluding hydrogens is 158 g/mol. The van der Waals surface area contributed by atoms with Crippen LogP contribution in [-0.2, 0) is 19.4 Å². The quantitative estimate of drug-likeness (QED) is 0.608. The maximum absolute atomic E-state index is 2.44. The highest BCUT2D eigenvalue weighted by atomic mass is 15.0. The monoisotopic (exact) mass is 176 g/mol. The maximum atomic E-state index is 2.44. The van der Waals surface area contributed by atoms with Gasteiger partial charge in [-0.25, -0.2) is 4.57 Å². The fourth-order valence-electron chi connectivity index (χ4n) is 2.18. The molecule has 70 valence electrons. The number of fused-ring (bicyclic) bond motifs is 1. The van der Waals surface area contributed by atoms with E-state index < -0.39 is 0 Å². The first-order chi connectivity index (χ1) is 6.27. The Labute approximate surface area is 80.4 Å². The highest BCUT2D eigenvalue weighted by molar-refractivity contribution is 5.20. The molecule has 0 atom stereocenters. The molecule has 0 bridgehead atoms. The minimum Gasteiger partial charge on any atom is -0.202 e. The number of hydrogen-bond donors (Lipinski definition) is 0. The third-order valence-electron chi connectivity index (χ3n) is 2.70. The van der Waals surface area contributed by atoms with Crippen molar-refractivity contribution in [3.05, 3.63) is 29.6 Å². The molecule has 0 amide bonds. The molecule has 1 aromatic rings. The number of aromatic nitrogens is 1. The molecule has 0 saturated heterocycles. The lowest BCUT2D eigenvalue weighted by Crippen LogP contribution is -2.40. The van der Waals surface area contributed by atoms with E-state index in [0.717, 1.165) is 5.92 Å². The number of rotatable bonds is 2. The summed E-state index contributed by atoms with van der Waals surface area (Å²) in [4.78, 5) is 0. The molecule has 13 heavy (non-hydrogen) atoms. The smallest absolute Gasteiger partial charge is 0.184 e. The lowest BCUT2D eigenvalue weighted by atomic mass is 10.2. The normalized spacial score (nSPS) is 15.0. The van der Waals surface area contributed by atoms with Gasteiger partial charge in [0.05, 0.1) is 0 Å². The van der Waals surface area contributed by atoms with E-state index in [2.05, 4.69) is 36.7 Å². The second-order valence-corrected chi connectivity index (χ2v) is 4.38. The summed E-state index contributed by atoms with van der Waals surface area (Å²) >= 11 is 0. The summed E-state index contributed by atoms with van der Waals surface area (Å²) in [6, 6.07) is 4.46. The second-order valence-electron chi connectivity index (χ2n) is 4.38. The molecule has 1 aromatic heterocycles. The first kappa shape index (κ1) is 8.74. The van der Waals surface area contributed by atoms with Gasteiger partial charge >= 0.3 is 0 Å². The Morgan fingerprint density at radius 3 is 3.00 bits per heavy atom. The van der Waals surface area contributed by atoms with Crippen molar-refractivity contribution in [2.24, 2.45) is 5.92 Å². The van der Waals surface area contributed by atoms with Crippen LogP contribution in [0.3, 0.4) is 0 Å². The Hall–Kier alpha value is -0.850. The minimum absolute atomic E-state index is 0.747. The molecule has 0 N–H and O–H groups in total. The van der Waals surface area contributed by atoms with Crippen molar-refractivity contribution in [2.45, 2.75) is 39.7 Å². The fraction of sp³-hybridized carbons (Fsp3) is 0.583. The molecule has 2 rings (SSSR count). The van der Waals surface area contributed by atoms with Crippen LogP contribution in [0.15, 0.2) is 18.3 Å². The summed E-state index contributed by atoms with van der Waals surface area (Å²) in [5.74, 6) is 0.747. The summed E-state index contributed by atoms with van der Waals surface area (Å²) in [6.45, 7) is 5.73. The molecule has 1 nitrogen and oxygen atoms in total. The SMILES string of the molecule is CC(C)C[n+]1cccc2c1CCC2. The average molecular weight is 176 g/mol. The van der Waals surface area contributed by atoms with E-state index in [1.165, 1.54) is 25.8 Å². The molecule has 1 heterocycles.